The van der Waals surface area contributed by atoms with Gasteiger partial charge in [0.1, 0.15) is 5.82 Å². The van der Waals surface area contributed by atoms with Crippen molar-refractivity contribution in [3.8, 4) is 0 Å². The van der Waals surface area contributed by atoms with E-state index in [9.17, 15) is 13.2 Å². The first kappa shape index (κ1) is 23.5. The second-order valence-corrected chi connectivity index (χ2v) is 8.45. The van der Waals surface area contributed by atoms with E-state index in [0.717, 1.165) is 37.7 Å². The average Bonchev–Trinajstić information content (AvgIpc) is 3.05. The number of pyridine rings is 1. The standard InChI is InChI=1S/C19H30ClF3N6/c1-5-24-17(25-7-8-27-18(2,3)4)28-14-6-9-29(12-14)16-15(20)10-13(11-26-16)19(21,22)23/h10-11,14,27H,5-9,12H2,1-4H3,(H2,24,25,28). The molecular formula is C19H30ClF3N6. The maximum Gasteiger partial charge on any atom is 0.417 e. The van der Waals surface area contributed by atoms with Gasteiger partial charge in [-0.3, -0.25) is 4.99 Å². The molecular weight excluding hydrogens is 405 g/mol. The number of guanidine groups is 1. The van der Waals surface area contributed by atoms with Crippen LogP contribution in [-0.2, 0) is 6.18 Å². The van der Waals surface area contributed by atoms with E-state index >= 15 is 0 Å². The van der Waals surface area contributed by atoms with Crippen molar-refractivity contribution in [1.29, 1.82) is 0 Å². The van der Waals surface area contributed by atoms with Crippen molar-refractivity contribution in [2.75, 3.05) is 37.6 Å². The monoisotopic (exact) mass is 434 g/mol. The lowest BCUT2D eigenvalue weighted by molar-refractivity contribution is -0.137. The van der Waals surface area contributed by atoms with E-state index in [-0.39, 0.29) is 16.6 Å². The fourth-order valence-corrected chi connectivity index (χ4v) is 3.29. The number of rotatable bonds is 6. The Balaban J connectivity index is 1.95. The van der Waals surface area contributed by atoms with Crippen LogP contribution in [0.2, 0.25) is 5.02 Å². The summed E-state index contributed by atoms with van der Waals surface area (Å²) in [6, 6.07) is 1.03. The van der Waals surface area contributed by atoms with E-state index in [2.05, 4.69) is 46.7 Å². The van der Waals surface area contributed by atoms with Gasteiger partial charge >= 0.3 is 6.18 Å². The average molecular weight is 435 g/mol. The number of halogens is 4. The molecule has 3 N–H and O–H groups in total. The lowest BCUT2D eigenvalue weighted by Crippen LogP contribution is -2.45. The Labute approximate surface area is 175 Å². The Hall–Kier alpha value is -1.74. The first-order valence-electron chi connectivity index (χ1n) is 9.77. The quantitative estimate of drug-likeness (QED) is 0.364. The van der Waals surface area contributed by atoms with Gasteiger partial charge in [-0.05, 0) is 40.2 Å². The molecule has 1 aliphatic heterocycles. The molecule has 164 valence electrons. The maximum atomic E-state index is 12.8. The molecule has 0 aliphatic carbocycles. The third-order valence-corrected chi connectivity index (χ3v) is 4.64. The fraction of sp³-hybridized carbons (Fsp3) is 0.684. The van der Waals surface area contributed by atoms with E-state index in [4.69, 9.17) is 11.6 Å². The molecule has 1 atom stereocenters. The summed E-state index contributed by atoms with van der Waals surface area (Å²) < 4.78 is 38.4. The van der Waals surface area contributed by atoms with Gasteiger partial charge in [0.15, 0.2) is 5.96 Å². The van der Waals surface area contributed by atoms with Crippen LogP contribution in [-0.4, -0.2) is 55.2 Å². The van der Waals surface area contributed by atoms with Gasteiger partial charge in [0, 0.05) is 44.0 Å². The normalized spacial score (nSPS) is 18.3. The van der Waals surface area contributed by atoms with Crippen LogP contribution in [0, 0.1) is 0 Å². The summed E-state index contributed by atoms with van der Waals surface area (Å²) in [5.74, 6) is 1.10. The van der Waals surface area contributed by atoms with Crippen molar-refractivity contribution in [3.63, 3.8) is 0 Å². The molecule has 0 saturated carbocycles. The van der Waals surface area contributed by atoms with Gasteiger partial charge in [-0.2, -0.15) is 13.2 Å². The molecule has 0 bridgehead atoms. The Morgan fingerprint density at radius 2 is 2.07 bits per heavy atom. The Morgan fingerprint density at radius 3 is 2.66 bits per heavy atom. The van der Waals surface area contributed by atoms with E-state index in [1.54, 1.807) is 0 Å². The number of anilines is 1. The minimum absolute atomic E-state index is 0.00861. The van der Waals surface area contributed by atoms with Gasteiger partial charge in [0.2, 0.25) is 0 Å². The number of aliphatic imine (C=N–C) groups is 1. The summed E-state index contributed by atoms with van der Waals surface area (Å²) in [6.45, 7) is 11.7. The van der Waals surface area contributed by atoms with Crippen LogP contribution in [0.4, 0.5) is 19.0 Å². The predicted molar refractivity (Wildman–Crippen MR) is 112 cm³/mol. The number of hydrogen-bond donors (Lipinski definition) is 3. The van der Waals surface area contributed by atoms with Gasteiger partial charge in [0.05, 0.1) is 17.1 Å². The van der Waals surface area contributed by atoms with Crippen LogP contribution in [0.15, 0.2) is 17.3 Å². The predicted octanol–water partition coefficient (Wildman–Crippen LogP) is 3.28. The molecule has 0 spiro atoms. The van der Waals surface area contributed by atoms with E-state index in [0.29, 0.717) is 25.5 Å². The summed E-state index contributed by atoms with van der Waals surface area (Å²) in [5.41, 5.74) is -0.799. The van der Waals surface area contributed by atoms with Crippen molar-refractivity contribution in [1.82, 2.24) is 20.9 Å². The zero-order valence-electron chi connectivity index (χ0n) is 17.3. The first-order chi connectivity index (χ1) is 13.5. The number of nitrogens with one attached hydrogen (secondary N) is 3. The van der Waals surface area contributed by atoms with Crippen molar-refractivity contribution in [2.24, 2.45) is 4.99 Å². The molecule has 1 aromatic heterocycles. The topological polar surface area (TPSA) is 64.6 Å². The smallest absolute Gasteiger partial charge is 0.357 e. The molecule has 1 aromatic rings. The van der Waals surface area contributed by atoms with Crippen LogP contribution in [0.3, 0.4) is 0 Å². The van der Waals surface area contributed by atoms with E-state index < -0.39 is 11.7 Å². The van der Waals surface area contributed by atoms with Gasteiger partial charge in [0.25, 0.3) is 0 Å². The van der Waals surface area contributed by atoms with Crippen LogP contribution in [0.5, 0.6) is 0 Å². The molecule has 1 saturated heterocycles. The molecule has 6 nitrogen and oxygen atoms in total. The SMILES string of the molecule is CCNC(=NCCNC(C)(C)C)NC1CCN(c2ncc(C(F)(F)F)cc2Cl)C1. The summed E-state index contributed by atoms with van der Waals surface area (Å²) >= 11 is 6.07. The molecule has 0 radical (unpaired) electrons. The lowest BCUT2D eigenvalue weighted by atomic mass is 10.1. The van der Waals surface area contributed by atoms with Gasteiger partial charge in [-0.15, -0.1) is 0 Å². The Kier molecular flexibility index (Phi) is 7.99. The van der Waals surface area contributed by atoms with Crippen LogP contribution < -0.4 is 20.9 Å². The highest BCUT2D eigenvalue weighted by Gasteiger charge is 2.33. The third-order valence-electron chi connectivity index (χ3n) is 4.36. The summed E-state index contributed by atoms with van der Waals surface area (Å²) in [4.78, 5) is 10.4. The number of alkyl halides is 3. The molecule has 0 aromatic carbocycles. The maximum absolute atomic E-state index is 12.8. The van der Waals surface area contributed by atoms with Crippen molar-refractivity contribution < 1.29 is 13.2 Å². The second kappa shape index (κ2) is 9.84. The first-order valence-corrected chi connectivity index (χ1v) is 10.1. The molecule has 1 unspecified atom stereocenters. The molecule has 2 rings (SSSR count). The highest BCUT2D eigenvalue weighted by molar-refractivity contribution is 6.33. The van der Waals surface area contributed by atoms with E-state index in [1.165, 1.54) is 0 Å². The zero-order chi connectivity index (χ0) is 21.7. The summed E-state index contributed by atoms with van der Waals surface area (Å²) in [7, 11) is 0. The van der Waals surface area contributed by atoms with Crippen LogP contribution in [0.25, 0.3) is 0 Å². The summed E-state index contributed by atoms with van der Waals surface area (Å²) in [5, 5.41) is 10.0. The van der Waals surface area contributed by atoms with E-state index in [1.807, 2.05) is 11.8 Å². The molecule has 1 aliphatic rings. The van der Waals surface area contributed by atoms with Crippen molar-refractivity contribution in [3.05, 3.63) is 22.8 Å². The zero-order valence-corrected chi connectivity index (χ0v) is 18.1. The molecule has 29 heavy (non-hydrogen) atoms. The molecule has 1 fully saturated rings. The highest BCUT2D eigenvalue weighted by Crippen LogP contribution is 2.34. The molecule has 2 heterocycles. The lowest BCUT2D eigenvalue weighted by Gasteiger charge is -2.21. The Morgan fingerprint density at radius 1 is 1.34 bits per heavy atom. The minimum atomic E-state index is -4.46. The highest BCUT2D eigenvalue weighted by atomic mass is 35.5. The van der Waals surface area contributed by atoms with Crippen molar-refractivity contribution in [2.45, 2.75) is 51.9 Å². The van der Waals surface area contributed by atoms with Crippen LogP contribution >= 0.6 is 11.6 Å². The number of hydrogen-bond acceptors (Lipinski definition) is 4. The van der Waals surface area contributed by atoms with Crippen molar-refractivity contribution >= 4 is 23.4 Å². The largest absolute Gasteiger partial charge is 0.417 e. The molecule has 10 heteroatoms. The van der Waals surface area contributed by atoms with Gasteiger partial charge in [-0.25, -0.2) is 4.98 Å². The third kappa shape index (κ3) is 7.54. The summed E-state index contributed by atoms with van der Waals surface area (Å²) in [6.07, 6.45) is -2.82. The van der Waals surface area contributed by atoms with Gasteiger partial charge < -0.3 is 20.9 Å². The fourth-order valence-electron chi connectivity index (χ4n) is 3.00. The van der Waals surface area contributed by atoms with Gasteiger partial charge in [-0.1, -0.05) is 11.6 Å². The number of nitrogens with zero attached hydrogens (tertiary/aromatic N) is 3. The molecule has 0 amide bonds. The second-order valence-electron chi connectivity index (χ2n) is 8.04. The van der Waals surface area contributed by atoms with Crippen LogP contribution in [0.1, 0.15) is 39.7 Å². The Bertz CT molecular complexity index is 702. The number of aromatic nitrogens is 1. The minimum Gasteiger partial charge on any atom is -0.357 e.